The number of nitrogens with zero attached hydrogens (tertiary/aromatic N) is 2. The van der Waals surface area contributed by atoms with Gasteiger partial charge in [-0.05, 0) is 17.5 Å². The van der Waals surface area contributed by atoms with Gasteiger partial charge in [0, 0.05) is 18.5 Å². The fourth-order valence-electron chi connectivity index (χ4n) is 3.82. The summed E-state index contributed by atoms with van der Waals surface area (Å²) in [6.07, 6.45) is 1.46. The van der Waals surface area contributed by atoms with Gasteiger partial charge in [0.25, 0.3) is 0 Å². The lowest BCUT2D eigenvalue weighted by Gasteiger charge is -2.49. The predicted octanol–water partition coefficient (Wildman–Crippen LogP) is 2.29. The van der Waals surface area contributed by atoms with E-state index in [1.165, 1.54) is 9.87 Å². The highest BCUT2D eigenvalue weighted by atomic mass is 32.2. The molecule has 1 atom stereocenters. The summed E-state index contributed by atoms with van der Waals surface area (Å²) in [4.78, 5) is 14.5. The molecule has 2 heterocycles. The Morgan fingerprint density at radius 3 is 2.67 bits per heavy atom. The second-order valence-electron chi connectivity index (χ2n) is 7.47. The van der Waals surface area contributed by atoms with Crippen LogP contribution in [0, 0.1) is 0 Å². The summed E-state index contributed by atoms with van der Waals surface area (Å²) in [5.74, 6) is 0.0327. The zero-order valence-corrected chi connectivity index (χ0v) is 15.5. The molecule has 1 unspecified atom stereocenters. The molecule has 0 radical (unpaired) electrons. The van der Waals surface area contributed by atoms with Crippen molar-refractivity contribution in [1.29, 1.82) is 0 Å². The average Bonchev–Trinajstić information content (AvgIpc) is 2.54. The van der Waals surface area contributed by atoms with Crippen LogP contribution in [0.1, 0.15) is 50.8 Å². The monoisotopic (exact) mass is 350 g/mol. The Hall–Kier alpha value is -1.40. The second kappa shape index (κ2) is 6.15. The van der Waals surface area contributed by atoms with Crippen LogP contribution in [0.15, 0.2) is 24.3 Å². The van der Waals surface area contributed by atoms with E-state index in [4.69, 9.17) is 0 Å². The molecule has 1 amide bonds. The maximum atomic E-state index is 12.7. The van der Waals surface area contributed by atoms with Gasteiger partial charge >= 0.3 is 0 Å². The maximum Gasteiger partial charge on any atom is 0.238 e. The summed E-state index contributed by atoms with van der Waals surface area (Å²) in [6.45, 7) is 7.22. The fourth-order valence-corrected chi connectivity index (χ4v) is 5.41. The first-order valence-electron chi connectivity index (χ1n) is 8.63. The molecule has 5 nitrogen and oxygen atoms in total. The van der Waals surface area contributed by atoms with Crippen molar-refractivity contribution in [2.24, 2.45) is 0 Å². The largest absolute Gasteiger partial charge is 0.332 e. The summed E-state index contributed by atoms with van der Waals surface area (Å²) >= 11 is 0. The number of hydrogen-bond acceptors (Lipinski definition) is 3. The Bertz CT molecular complexity index is 742. The molecule has 3 rings (SSSR count). The molecule has 0 saturated carbocycles. The third kappa shape index (κ3) is 2.97. The number of benzene rings is 1. The van der Waals surface area contributed by atoms with Gasteiger partial charge in [-0.3, -0.25) is 4.79 Å². The normalized spacial score (nSPS) is 23.7. The zero-order valence-electron chi connectivity index (χ0n) is 14.7. The number of fused-ring (bicyclic) bond motifs is 3. The quantitative estimate of drug-likeness (QED) is 0.837. The Morgan fingerprint density at radius 1 is 1.25 bits per heavy atom. The molecule has 0 spiro atoms. The molecule has 1 aromatic rings. The van der Waals surface area contributed by atoms with E-state index in [2.05, 4.69) is 19.9 Å². The summed E-state index contributed by atoms with van der Waals surface area (Å²) in [6, 6.07) is 7.93. The summed E-state index contributed by atoms with van der Waals surface area (Å²) in [5.41, 5.74) is 2.18. The van der Waals surface area contributed by atoms with Gasteiger partial charge in [-0.1, -0.05) is 51.5 Å². The van der Waals surface area contributed by atoms with E-state index in [-0.39, 0.29) is 29.7 Å². The highest BCUT2D eigenvalue weighted by molar-refractivity contribution is 7.89. The standard InChI is InChI=1S/C18H26N2O3S/c1-4-5-10-24(22,23)19-11-16-14-8-6-7-9-15(14)18(2,3)13-20(16)17(21)12-19/h6-9,16H,4-5,10-13H2,1-3H3. The number of piperazine rings is 1. The first-order chi connectivity index (χ1) is 11.3. The van der Waals surface area contributed by atoms with Crippen LogP contribution < -0.4 is 0 Å². The van der Waals surface area contributed by atoms with E-state index in [1.54, 1.807) is 0 Å². The van der Waals surface area contributed by atoms with Gasteiger partial charge in [0.2, 0.25) is 15.9 Å². The van der Waals surface area contributed by atoms with Gasteiger partial charge in [0.1, 0.15) is 0 Å². The smallest absolute Gasteiger partial charge is 0.238 e. The number of rotatable bonds is 4. The number of hydrogen-bond donors (Lipinski definition) is 0. The topological polar surface area (TPSA) is 57.7 Å². The van der Waals surface area contributed by atoms with E-state index >= 15 is 0 Å². The Balaban J connectivity index is 1.96. The fraction of sp³-hybridized carbons (Fsp3) is 0.611. The summed E-state index contributed by atoms with van der Waals surface area (Å²) in [7, 11) is -3.37. The average molecular weight is 350 g/mol. The van der Waals surface area contributed by atoms with Crippen molar-refractivity contribution < 1.29 is 13.2 Å². The molecular formula is C18H26N2O3S. The van der Waals surface area contributed by atoms with E-state index in [0.717, 1.165) is 12.0 Å². The van der Waals surface area contributed by atoms with Gasteiger partial charge in [-0.2, -0.15) is 4.31 Å². The van der Waals surface area contributed by atoms with Crippen LogP contribution in [0.4, 0.5) is 0 Å². The third-order valence-corrected chi connectivity index (χ3v) is 7.02. The molecule has 2 aliphatic heterocycles. The lowest BCUT2D eigenvalue weighted by molar-refractivity contribution is -0.139. The number of amides is 1. The van der Waals surface area contributed by atoms with E-state index in [9.17, 15) is 13.2 Å². The first-order valence-corrected chi connectivity index (χ1v) is 10.2. The van der Waals surface area contributed by atoms with Crippen molar-refractivity contribution in [3.8, 4) is 0 Å². The van der Waals surface area contributed by atoms with Crippen LogP contribution >= 0.6 is 0 Å². The zero-order chi connectivity index (χ0) is 17.5. The Morgan fingerprint density at radius 2 is 1.96 bits per heavy atom. The highest BCUT2D eigenvalue weighted by Gasteiger charge is 2.45. The van der Waals surface area contributed by atoms with E-state index in [0.29, 0.717) is 19.5 Å². The summed E-state index contributed by atoms with van der Waals surface area (Å²) in [5, 5.41) is 0. The highest BCUT2D eigenvalue weighted by Crippen LogP contribution is 2.41. The molecular weight excluding hydrogens is 324 g/mol. The van der Waals surface area contributed by atoms with Gasteiger partial charge < -0.3 is 4.90 Å². The number of sulfonamides is 1. The van der Waals surface area contributed by atoms with Crippen LogP contribution in [-0.2, 0) is 20.2 Å². The van der Waals surface area contributed by atoms with Gasteiger partial charge in [-0.25, -0.2) is 8.42 Å². The third-order valence-electron chi connectivity index (χ3n) is 5.15. The van der Waals surface area contributed by atoms with Crippen molar-refractivity contribution in [3.05, 3.63) is 35.4 Å². The lowest BCUT2D eigenvalue weighted by Crippen LogP contribution is -2.58. The van der Waals surface area contributed by atoms with Crippen LogP contribution in [0.3, 0.4) is 0 Å². The van der Waals surface area contributed by atoms with Crippen molar-refractivity contribution in [2.75, 3.05) is 25.4 Å². The van der Waals surface area contributed by atoms with Crippen LogP contribution in [0.5, 0.6) is 0 Å². The van der Waals surface area contributed by atoms with Gasteiger partial charge in [0.15, 0.2) is 0 Å². The lowest BCUT2D eigenvalue weighted by atomic mass is 9.75. The van der Waals surface area contributed by atoms with Crippen molar-refractivity contribution in [2.45, 2.75) is 45.1 Å². The van der Waals surface area contributed by atoms with E-state index in [1.807, 2.05) is 30.0 Å². The molecule has 2 aliphatic rings. The van der Waals surface area contributed by atoms with E-state index < -0.39 is 10.0 Å². The molecule has 0 bridgehead atoms. The van der Waals surface area contributed by atoms with Crippen molar-refractivity contribution >= 4 is 15.9 Å². The van der Waals surface area contributed by atoms with Crippen molar-refractivity contribution in [1.82, 2.24) is 9.21 Å². The van der Waals surface area contributed by atoms with Crippen molar-refractivity contribution in [3.63, 3.8) is 0 Å². The molecule has 0 aromatic heterocycles. The minimum Gasteiger partial charge on any atom is -0.332 e. The van der Waals surface area contributed by atoms with Gasteiger partial charge in [-0.15, -0.1) is 0 Å². The Labute approximate surface area is 144 Å². The maximum absolute atomic E-state index is 12.7. The second-order valence-corrected chi connectivity index (χ2v) is 9.56. The molecule has 0 N–H and O–H groups in total. The molecule has 1 aromatic carbocycles. The summed E-state index contributed by atoms with van der Waals surface area (Å²) < 4.78 is 26.5. The molecule has 24 heavy (non-hydrogen) atoms. The molecule has 1 fully saturated rings. The molecule has 0 aliphatic carbocycles. The first kappa shape index (κ1) is 17.4. The molecule has 1 saturated heterocycles. The minimum absolute atomic E-state index is 0.0270. The minimum atomic E-state index is -3.37. The Kier molecular flexibility index (Phi) is 4.47. The molecule has 6 heteroatoms. The number of carbonyl (C=O) groups excluding carboxylic acids is 1. The van der Waals surface area contributed by atoms with Crippen LogP contribution in [0.2, 0.25) is 0 Å². The molecule has 132 valence electrons. The van der Waals surface area contributed by atoms with Crippen LogP contribution in [-0.4, -0.2) is 48.9 Å². The van der Waals surface area contributed by atoms with Gasteiger partial charge in [0.05, 0.1) is 18.3 Å². The number of unbranched alkanes of at least 4 members (excludes halogenated alkanes) is 1. The number of carbonyl (C=O) groups is 1. The van der Waals surface area contributed by atoms with Crippen LogP contribution in [0.25, 0.3) is 0 Å². The SMILES string of the molecule is CCCCS(=O)(=O)N1CC(=O)N2CC(C)(C)c3ccccc3C2C1. The predicted molar refractivity (Wildman–Crippen MR) is 94.2 cm³/mol.